The van der Waals surface area contributed by atoms with Crippen molar-refractivity contribution in [3.8, 4) is 0 Å². The topological polar surface area (TPSA) is 85.8 Å². The number of amides is 1. The molecule has 0 fully saturated rings. The van der Waals surface area contributed by atoms with Crippen LogP contribution < -0.4 is 11.1 Å². The number of carbonyl (C=O) groups excluding carboxylic acids is 1. The maximum absolute atomic E-state index is 11.2. The summed E-state index contributed by atoms with van der Waals surface area (Å²) in [6, 6.07) is -0.00368. The Hall–Kier alpha value is -1.43. The van der Waals surface area contributed by atoms with Gasteiger partial charge in [0.15, 0.2) is 0 Å². The van der Waals surface area contributed by atoms with Gasteiger partial charge in [0.1, 0.15) is 19.2 Å². The Kier molecular flexibility index (Phi) is 3.39. The van der Waals surface area contributed by atoms with E-state index in [1.165, 1.54) is 17.3 Å². The molecule has 1 rings (SSSR count). The highest BCUT2D eigenvalue weighted by atomic mass is 16.2. The molecule has 0 spiro atoms. The summed E-state index contributed by atoms with van der Waals surface area (Å²) in [5.74, 6) is -0.108. The minimum absolute atomic E-state index is 0.00368. The van der Waals surface area contributed by atoms with Gasteiger partial charge >= 0.3 is 0 Å². The molecule has 0 aromatic carbocycles. The van der Waals surface area contributed by atoms with E-state index in [4.69, 9.17) is 5.73 Å². The molecule has 6 nitrogen and oxygen atoms in total. The van der Waals surface area contributed by atoms with Crippen LogP contribution in [0.3, 0.4) is 0 Å². The summed E-state index contributed by atoms with van der Waals surface area (Å²) in [5.41, 5.74) is 5.34. The lowest BCUT2D eigenvalue weighted by atomic mass is 10.3. The molecule has 1 aromatic heterocycles. The van der Waals surface area contributed by atoms with E-state index >= 15 is 0 Å². The van der Waals surface area contributed by atoms with Gasteiger partial charge in [-0.1, -0.05) is 0 Å². The SMILES string of the molecule is C[C@H](CN)NC(=O)Cn1cncn1. The summed E-state index contributed by atoms with van der Waals surface area (Å²) in [7, 11) is 0. The molecule has 0 aliphatic rings. The Bertz CT molecular complexity index is 258. The summed E-state index contributed by atoms with van der Waals surface area (Å²) in [5, 5.41) is 6.52. The van der Waals surface area contributed by atoms with Crippen molar-refractivity contribution in [3.63, 3.8) is 0 Å². The first-order valence-corrected chi connectivity index (χ1v) is 4.04. The van der Waals surface area contributed by atoms with E-state index < -0.39 is 0 Å². The molecule has 0 saturated heterocycles. The van der Waals surface area contributed by atoms with Crippen LogP contribution in [0.15, 0.2) is 12.7 Å². The largest absolute Gasteiger partial charge is 0.351 e. The monoisotopic (exact) mass is 183 g/mol. The van der Waals surface area contributed by atoms with Gasteiger partial charge in [-0.3, -0.25) is 4.79 Å². The van der Waals surface area contributed by atoms with Crippen molar-refractivity contribution >= 4 is 5.91 Å². The van der Waals surface area contributed by atoms with E-state index in [0.29, 0.717) is 6.54 Å². The quantitative estimate of drug-likeness (QED) is 0.610. The van der Waals surface area contributed by atoms with Crippen molar-refractivity contribution in [2.75, 3.05) is 6.54 Å². The molecule has 1 atom stereocenters. The molecule has 0 bridgehead atoms. The summed E-state index contributed by atoms with van der Waals surface area (Å²) < 4.78 is 1.46. The van der Waals surface area contributed by atoms with Crippen LogP contribution in [0.2, 0.25) is 0 Å². The highest BCUT2D eigenvalue weighted by molar-refractivity contribution is 5.75. The fourth-order valence-corrected chi connectivity index (χ4v) is 0.841. The minimum atomic E-state index is -0.108. The van der Waals surface area contributed by atoms with Gasteiger partial charge in [-0.2, -0.15) is 5.10 Å². The first kappa shape index (κ1) is 9.66. The molecule has 0 aliphatic heterocycles. The Labute approximate surface area is 76.1 Å². The number of carbonyl (C=O) groups is 1. The molecule has 1 heterocycles. The second-order valence-corrected chi connectivity index (χ2v) is 2.80. The molecule has 0 saturated carbocycles. The van der Waals surface area contributed by atoms with Crippen LogP contribution in [0.1, 0.15) is 6.92 Å². The van der Waals surface area contributed by atoms with Crippen molar-refractivity contribution < 1.29 is 4.79 Å². The molecule has 72 valence electrons. The lowest BCUT2D eigenvalue weighted by Gasteiger charge is -2.10. The third-order valence-corrected chi connectivity index (χ3v) is 1.53. The van der Waals surface area contributed by atoms with Crippen molar-refractivity contribution in [3.05, 3.63) is 12.7 Å². The number of nitrogens with two attached hydrogens (primary N) is 1. The highest BCUT2D eigenvalue weighted by Crippen LogP contribution is 1.82. The Morgan fingerprint density at radius 1 is 1.77 bits per heavy atom. The average molecular weight is 183 g/mol. The number of hydrogen-bond donors (Lipinski definition) is 2. The van der Waals surface area contributed by atoms with E-state index in [-0.39, 0.29) is 18.5 Å². The lowest BCUT2D eigenvalue weighted by molar-refractivity contribution is -0.122. The van der Waals surface area contributed by atoms with Crippen LogP contribution in [0.25, 0.3) is 0 Å². The third-order valence-electron chi connectivity index (χ3n) is 1.53. The number of nitrogens with zero attached hydrogens (tertiary/aromatic N) is 3. The zero-order valence-electron chi connectivity index (χ0n) is 7.47. The molecule has 13 heavy (non-hydrogen) atoms. The standard InChI is InChI=1S/C7H13N5O/c1-6(2-8)11-7(13)3-12-5-9-4-10-12/h4-6H,2-3,8H2,1H3,(H,11,13)/t6-/m1/s1. The second-order valence-electron chi connectivity index (χ2n) is 2.80. The molecule has 0 radical (unpaired) electrons. The van der Waals surface area contributed by atoms with Gasteiger partial charge in [-0.05, 0) is 6.92 Å². The maximum atomic E-state index is 11.2. The Morgan fingerprint density at radius 3 is 3.08 bits per heavy atom. The van der Waals surface area contributed by atoms with E-state index in [9.17, 15) is 4.79 Å². The highest BCUT2D eigenvalue weighted by Gasteiger charge is 2.05. The molecule has 3 N–H and O–H groups in total. The van der Waals surface area contributed by atoms with E-state index in [0.717, 1.165) is 0 Å². The summed E-state index contributed by atoms with van der Waals surface area (Å²) >= 11 is 0. The molecule has 1 aromatic rings. The number of nitrogens with one attached hydrogen (secondary N) is 1. The lowest BCUT2D eigenvalue weighted by Crippen LogP contribution is -2.39. The molecule has 1 amide bonds. The minimum Gasteiger partial charge on any atom is -0.351 e. The predicted molar refractivity (Wildman–Crippen MR) is 46.7 cm³/mol. The summed E-state index contributed by atoms with van der Waals surface area (Å²) in [4.78, 5) is 14.9. The second kappa shape index (κ2) is 4.56. The van der Waals surface area contributed by atoms with Gasteiger partial charge in [-0.25, -0.2) is 9.67 Å². The molecule has 6 heteroatoms. The smallest absolute Gasteiger partial charge is 0.242 e. The number of rotatable bonds is 4. The Balaban J connectivity index is 2.34. The van der Waals surface area contributed by atoms with Gasteiger partial charge < -0.3 is 11.1 Å². The van der Waals surface area contributed by atoms with E-state index in [1.54, 1.807) is 0 Å². The Morgan fingerprint density at radius 2 is 2.54 bits per heavy atom. The van der Waals surface area contributed by atoms with Gasteiger partial charge in [0.25, 0.3) is 0 Å². The fraction of sp³-hybridized carbons (Fsp3) is 0.571. The number of hydrogen-bond acceptors (Lipinski definition) is 4. The molecule has 0 aliphatic carbocycles. The zero-order chi connectivity index (χ0) is 9.68. The van der Waals surface area contributed by atoms with Gasteiger partial charge in [-0.15, -0.1) is 0 Å². The molecular formula is C7H13N5O. The normalized spacial score (nSPS) is 12.5. The average Bonchev–Trinajstić information content (AvgIpc) is 2.56. The number of aromatic nitrogens is 3. The molecular weight excluding hydrogens is 170 g/mol. The maximum Gasteiger partial charge on any atom is 0.242 e. The van der Waals surface area contributed by atoms with Crippen LogP contribution in [0.4, 0.5) is 0 Å². The van der Waals surface area contributed by atoms with Crippen molar-refractivity contribution in [2.24, 2.45) is 5.73 Å². The molecule has 0 unspecified atom stereocenters. The van der Waals surface area contributed by atoms with Gasteiger partial charge in [0, 0.05) is 12.6 Å². The van der Waals surface area contributed by atoms with E-state index in [1.807, 2.05) is 6.92 Å². The van der Waals surface area contributed by atoms with Crippen LogP contribution in [-0.4, -0.2) is 33.3 Å². The summed E-state index contributed by atoms with van der Waals surface area (Å²) in [6.45, 7) is 2.46. The fourth-order valence-electron chi connectivity index (χ4n) is 0.841. The first-order valence-electron chi connectivity index (χ1n) is 4.04. The van der Waals surface area contributed by atoms with Gasteiger partial charge in [0.05, 0.1) is 0 Å². The first-order chi connectivity index (χ1) is 6.22. The van der Waals surface area contributed by atoms with Crippen molar-refractivity contribution in [1.82, 2.24) is 20.1 Å². The van der Waals surface area contributed by atoms with Crippen LogP contribution in [0, 0.1) is 0 Å². The van der Waals surface area contributed by atoms with Crippen molar-refractivity contribution in [1.29, 1.82) is 0 Å². The van der Waals surface area contributed by atoms with Crippen molar-refractivity contribution in [2.45, 2.75) is 19.5 Å². The van der Waals surface area contributed by atoms with Gasteiger partial charge in [0.2, 0.25) is 5.91 Å². The zero-order valence-corrected chi connectivity index (χ0v) is 7.47. The van der Waals surface area contributed by atoms with E-state index in [2.05, 4.69) is 15.4 Å². The predicted octanol–water partition coefficient (Wildman–Crippen LogP) is -1.26. The third kappa shape index (κ3) is 3.20. The van der Waals surface area contributed by atoms with Crippen LogP contribution >= 0.6 is 0 Å². The summed E-state index contributed by atoms with van der Waals surface area (Å²) in [6.07, 6.45) is 2.88. The van der Waals surface area contributed by atoms with Crippen LogP contribution in [0.5, 0.6) is 0 Å². The van der Waals surface area contributed by atoms with Crippen LogP contribution in [-0.2, 0) is 11.3 Å².